The summed E-state index contributed by atoms with van der Waals surface area (Å²) in [6, 6.07) is 17.8. The second-order valence-corrected chi connectivity index (χ2v) is 8.00. The highest BCUT2D eigenvalue weighted by Crippen LogP contribution is 2.14. The number of benzene rings is 2. The van der Waals surface area contributed by atoms with Crippen molar-refractivity contribution in [1.82, 2.24) is 14.5 Å². The van der Waals surface area contributed by atoms with Gasteiger partial charge in [-0.1, -0.05) is 36.4 Å². The van der Waals surface area contributed by atoms with Gasteiger partial charge < -0.3 is 4.90 Å². The van der Waals surface area contributed by atoms with Crippen molar-refractivity contribution < 1.29 is 9.18 Å². The Labute approximate surface area is 177 Å². The first-order valence-electron chi connectivity index (χ1n) is 9.59. The molecule has 0 saturated heterocycles. The largest absolute Gasteiger partial charge is 0.336 e. The number of hydrogen-bond donors (Lipinski definition) is 0. The van der Waals surface area contributed by atoms with Crippen LogP contribution < -0.4 is 5.56 Å². The SMILES string of the molecule is O=C(Cn1cnc2cc(F)ccc2c1=O)N(CCc1ccccc1)Cc1cccs1. The van der Waals surface area contributed by atoms with Gasteiger partial charge in [0.15, 0.2) is 0 Å². The van der Waals surface area contributed by atoms with E-state index < -0.39 is 5.82 Å². The van der Waals surface area contributed by atoms with Crippen molar-refractivity contribution in [3.8, 4) is 0 Å². The summed E-state index contributed by atoms with van der Waals surface area (Å²) < 4.78 is 14.7. The van der Waals surface area contributed by atoms with Crippen molar-refractivity contribution in [2.24, 2.45) is 0 Å². The third-order valence-corrected chi connectivity index (χ3v) is 5.75. The number of fused-ring (bicyclic) bond motifs is 1. The standard InChI is InChI=1S/C23H20FN3O2S/c24-18-8-9-20-21(13-18)25-16-27(23(20)29)15-22(28)26(14-19-7-4-12-30-19)11-10-17-5-2-1-3-6-17/h1-9,12-13,16H,10-11,14-15H2. The normalized spacial score (nSPS) is 11.0. The summed E-state index contributed by atoms with van der Waals surface area (Å²) in [6.45, 7) is 0.922. The lowest BCUT2D eigenvalue weighted by Crippen LogP contribution is -2.37. The van der Waals surface area contributed by atoms with Gasteiger partial charge in [0.05, 0.1) is 23.8 Å². The summed E-state index contributed by atoms with van der Waals surface area (Å²) in [6.07, 6.45) is 2.03. The minimum Gasteiger partial charge on any atom is -0.336 e. The third kappa shape index (κ3) is 4.63. The van der Waals surface area contributed by atoms with E-state index in [-0.39, 0.29) is 23.5 Å². The lowest BCUT2D eigenvalue weighted by atomic mass is 10.1. The number of nitrogens with zero attached hydrogens (tertiary/aromatic N) is 3. The van der Waals surface area contributed by atoms with Gasteiger partial charge in [-0.25, -0.2) is 9.37 Å². The summed E-state index contributed by atoms with van der Waals surface area (Å²) in [5.74, 6) is -0.615. The van der Waals surface area contributed by atoms with Crippen LogP contribution in [0.15, 0.2) is 77.2 Å². The second kappa shape index (κ2) is 9.00. The molecule has 4 aromatic rings. The first-order valence-corrected chi connectivity index (χ1v) is 10.5. The monoisotopic (exact) mass is 421 g/mol. The van der Waals surface area contributed by atoms with E-state index in [1.807, 2.05) is 47.8 Å². The molecule has 0 unspecified atom stereocenters. The van der Waals surface area contributed by atoms with Gasteiger partial charge >= 0.3 is 0 Å². The lowest BCUT2D eigenvalue weighted by Gasteiger charge is -2.23. The predicted molar refractivity (Wildman–Crippen MR) is 116 cm³/mol. The number of halogens is 1. The molecule has 30 heavy (non-hydrogen) atoms. The van der Waals surface area contributed by atoms with Crippen molar-refractivity contribution in [1.29, 1.82) is 0 Å². The zero-order valence-electron chi connectivity index (χ0n) is 16.2. The van der Waals surface area contributed by atoms with E-state index in [2.05, 4.69) is 4.98 Å². The zero-order chi connectivity index (χ0) is 20.9. The maximum atomic E-state index is 13.4. The molecule has 5 nitrogen and oxygen atoms in total. The summed E-state index contributed by atoms with van der Waals surface area (Å²) in [5.41, 5.74) is 1.07. The van der Waals surface area contributed by atoms with Crippen LogP contribution >= 0.6 is 11.3 Å². The average molecular weight is 421 g/mol. The molecule has 0 aliphatic carbocycles. The third-order valence-electron chi connectivity index (χ3n) is 4.89. The van der Waals surface area contributed by atoms with Crippen LogP contribution in [0.25, 0.3) is 10.9 Å². The van der Waals surface area contributed by atoms with Crippen molar-refractivity contribution in [3.63, 3.8) is 0 Å². The number of amides is 1. The Hall–Kier alpha value is -3.32. The lowest BCUT2D eigenvalue weighted by molar-refractivity contribution is -0.132. The highest BCUT2D eigenvalue weighted by Gasteiger charge is 2.17. The van der Waals surface area contributed by atoms with Gasteiger partial charge in [-0.3, -0.25) is 14.2 Å². The van der Waals surface area contributed by atoms with Gasteiger partial charge in [0.2, 0.25) is 5.91 Å². The van der Waals surface area contributed by atoms with Crippen LogP contribution in [0, 0.1) is 5.82 Å². The molecule has 0 fully saturated rings. The van der Waals surface area contributed by atoms with Gasteiger partial charge in [-0.2, -0.15) is 0 Å². The molecule has 0 atom stereocenters. The van der Waals surface area contributed by atoms with E-state index in [0.717, 1.165) is 16.9 Å². The molecule has 4 rings (SSSR count). The Bertz CT molecular complexity index is 1210. The first kappa shape index (κ1) is 20.0. The minimum absolute atomic E-state index is 0.112. The summed E-state index contributed by atoms with van der Waals surface area (Å²) in [4.78, 5) is 32.8. The molecule has 0 N–H and O–H groups in total. The molecule has 0 aliphatic rings. The van der Waals surface area contributed by atoms with Crippen LogP contribution in [0.3, 0.4) is 0 Å². The quantitative estimate of drug-likeness (QED) is 0.455. The van der Waals surface area contributed by atoms with Crippen LogP contribution in [-0.4, -0.2) is 26.9 Å². The summed E-state index contributed by atoms with van der Waals surface area (Å²) in [7, 11) is 0. The fourth-order valence-corrected chi connectivity index (χ4v) is 4.00. The van der Waals surface area contributed by atoms with Crippen LogP contribution in [0.4, 0.5) is 4.39 Å². The van der Waals surface area contributed by atoms with Crippen molar-refractivity contribution in [2.75, 3.05) is 6.54 Å². The zero-order valence-corrected chi connectivity index (χ0v) is 17.0. The Kier molecular flexibility index (Phi) is 5.99. The number of carbonyl (C=O) groups is 1. The molecule has 2 aromatic carbocycles. The van der Waals surface area contributed by atoms with E-state index >= 15 is 0 Å². The van der Waals surface area contributed by atoms with E-state index in [1.54, 1.807) is 16.2 Å². The maximum Gasteiger partial charge on any atom is 0.261 e. The van der Waals surface area contributed by atoms with Crippen LogP contribution in [0.5, 0.6) is 0 Å². The van der Waals surface area contributed by atoms with Crippen LogP contribution in [0.1, 0.15) is 10.4 Å². The second-order valence-electron chi connectivity index (χ2n) is 6.97. The van der Waals surface area contributed by atoms with Gasteiger partial charge in [0.25, 0.3) is 5.56 Å². The average Bonchev–Trinajstić information content (AvgIpc) is 3.27. The minimum atomic E-state index is -0.453. The molecule has 0 aliphatic heterocycles. The Morgan fingerprint density at radius 3 is 2.70 bits per heavy atom. The highest BCUT2D eigenvalue weighted by molar-refractivity contribution is 7.09. The number of aromatic nitrogens is 2. The Balaban J connectivity index is 1.55. The molecule has 0 saturated carbocycles. The van der Waals surface area contributed by atoms with Crippen LogP contribution in [0.2, 0.25) is 0 Å². The predicted octanol–water partition coefficient (Wildman–Crippen LogP) is 3.87. The highest BCUT2D eigenvalue weighted by atomic mass is 32.1. The molecule has 0 spiro atoms. The summed E-state index contributed by atoms with van der Waals surface area (Å²) >= 11 is 1.59. The van der Waals surface area contributed by atoms with Gasteiger partial charge in [0.1, 0.15) is 12.4 Å². The Morgan fingerprint density at radius 2 is 1.93 bits per heavy atom. The molecule has 7 heteroatoms. The van der Waals surface area contributed by atoms with E-state index in [0.29, 0.717) is 18.5 Å². The Morgan fingerprint density at radius 1 is 1.10 bits per heavy atom. The molecule has 152 valence electrons. The van der Waals surface area contributed by atoms with Gasteiger partial charge in [0, 0.05) is 17.5 Å². The maximum absolute atomic E-state index is 13.4. The van der Waals surface area contributed by atoms with Crippen molar-refractivity contribution in [3.05, 3.63) is 99.0 Å². The van der Waals surface area contributed by atoms with Gasteiger partial charge in [-0.05, 0) is 35.6 Å². The smallest absolute Gasteiger partial charge is 0.261 e. The molecule has 1 amide bonds. The number of carbonyl (C=O) groups excluding carboxylic acids is 1. The fourth-order valence-electron chi connectivity index (χ4n) is 3.28. The molecule has 2 heterocycles. The number of thiophene rings is 1. The molecule has 2 aromatic heterocycles. The summed E-state index contributed by atoms with van der Waals surface area (Å²) in [5, 5.41) is 2.27. The number of hydrogen-bond acceptors (Lipinski definition) is 4. The van der Waals surface area contributed by atoms with Crippen molar-refractivity contribution in [2.45, 2.75) is 19.5 Å². The van der Waals surface area contributed by atoms with Gasteiger partial charge in [-0.15, -0.1) is 11.3 Å². The van der Waals surface area contributed by atoms with E-state index in [9.17, 15) is 14.0 Å². The van der Waals surface area contributed by atoms with E-state index in [4.69, 9.17) is 0 Å². The number of rotatable bonds is 7. The molecular formula is C23H20FN3O2S. The first-order chi connectivity index (χ1) is 14.6. The van der Waals surface area contributed by atoms with Crippen LogP contribution in [-0.2, 0) is 24.3 Å². The topological polar surface area (TPSA) is 55.2 Å². The molecule has 0 radical (unpaired) electrons. The van der Waals surface area contributed by atoms with Crippen molar-refractivity contribution >= 4 is 28.1 Å². The molecular weight excluding hydrogens is 401 g/mol. The van der Waals surface area contributed by atoms with E-state index in [1.165, 1.54) is 29.1 Å². The molecule has 0 bridgehead atoms. The fraction of sp³-hybridized carbons (Fsp3) is 0.174.